The molecule has 7 heteroatoms. The molecule has 0 aliphatic carbocycles. The summed E-state index contributed by atoms with van der Waals surface area (Å²) in [5.74, 6) is -1.31. The highest BCUT2D eigenvalue weighted by atomic mass is 19.1. The molecule has 0 bridgehead atoms. The Morgan fingerprint density at radius 1 is 1.26 bits per heavy atom. The molecule has 1 aromatic carbocycles. The summed E-state index contributed by atoms with van der Waals surface area (Å²) in [5.41, 5.74) is 2.63. The van der Waals surface area contributed by atoms with E-state index < -0.39 is 11.8 Å². The lowest BCUT2D eigenvalue weighted by molar-refractivity contribution is -0.137. The van der Waals surface area contributed by atoms with Crippen LogP contribution in [0.4, 0.5) is 4.39 Å². The van der Waals surface area contributed by atoms with Crippen LogP contribution in [-0.2, 0) is 9.59 Å². The van der Waals surface area contributed by atoms with Crippen LogP contribution in [0, 0.1) is 5.82 Å². The number of nitrogens with zero attached hydrogens (tertiary/aromatic N) is 3. The molecule has 0 fully saturated rings. The molecular formula is C28H38FN3O3. The highest BCUT2D eigenvalue weighted by Gasteiger charge is 2.26. The van der Waals surface area contributed by atoms with Crippen LogP contribution < -0.4 is 0 Å². The molecule has 2 rings (SSSR count). The maximum Gasteiger partial charge on any atom is 0.303 e. The molecule has 35 heavy (non-hydrogen) atoms. The first kappa shape index (κ1) is 28.0. The van der Waals surface area contributed by atoms with Crippen molar-refractivity contribution < 1.29 is 19.1 Å². The van der Waals surface area contributed by atoms with E-state index in [1.54, 1.807) is 25.1 Å². The number of amides is 1. The molecule has 0 saturated heterocycles. The summed E-state index contributed by atoms with van der Waals surface area (Å²) >= 11 is 0. The molecule has 1 aromatic rings. The summed E-state index contributed by atoms with van der Waals surface area (Å²) in [6.07, 6.45) is 6.03. The van der Waals surface area contributed by atoms with Gasteiger partial charge in [0.2, 0.25) is 0 Å². The van der Waals surface area contributed by atoms with Gasteiger partial charge < -0.3 is 14.9 Å². The lowest BCUT2D eigenvalue weighted by atomic mass is 9.95. The summed E-state index contributed by atoms with van der Waals surface area (Å²) in [6.45, 7) is 14.5. The zero-order chi connectivity index (χ0) is 26.3. The second kappa shape index (κ2) is 12.5. The third-order valence-electron chi connectivity index (χ3n) is 6.43. The maximum atomic E-state index is 15.0. The Morgan fingerprint density at radius 3 is 2.49 bits per heavy atom. The Balaban J connectivity index is 2.39. The number of aliphatic carboxylic acids is 1. The van der Waals surface area contributed by atoms with Gasteiger partial charge in [-0.25, -0.2) is 9.38 Å². The molecule has 0 saturated carbocycles. The number of carbonyl (C=O) groups is 2. The molecule has 1 unspecified atom stereocenters. The molecule has 1 N–H and O–H groups in total. The van der Waals surface area contributed by atoms with E-state index in [4.69, 9.17) is 5.11 Å². The van der Waals surface area contributed by atoms with Crippen molar-refractivity contribution in [2.75, 3.05) is 13.6 Å². The molecule has 1 aliphatic rings. The fraction of sp³-hybridized carbons (Fsp3) is 0.464. The fourth-order valence-corrected chi connectivity index (χ4v) is 4.30. The summed E-state index contributed by atoms with van der Waals surface area (Å²) in [4.78, 5) is 32.7. The lowest BCUT2D eigenvalue weighted by Crippen LogP contribution is -2.43. The maximum absolute atomic E-state index is 15.0. The largest absolute Gasteiger partial charge is 0.481 e. The molecular weight excluding hydrogens is 445 g/mol. The number of rotatable bonds is 11. The monoisotopic (exact) mass is 483 g/mol. The number of carboxylic acids is 1. The van der Waals surface area contributed by atoms with Crippen LogP contribution in [0.3, 0.4) is 0 Å². The van der Waals surface area contributed by atoms with E-state index in [1.165, 1.54) is 6.07 Å². The van der Waals surface area contributed by atoms with Crippen molar-refractivity contribution >= 4 is 23.2 Å². The van der Waals surface area contributed by atoms with E-state index >= 15 is 0 Å². The Hall–Kier alpha value is -3.22. The lowest BCUT2D eigenvalue weighted by Gasteiger charge is -2.31. The highest BCUT2D eigenvalue weighted by Crippen LogP contribution is 2.28. The molecule has 1 heterocycles. The van der Waals surface area contributed by atoms with Gasteiger partial charge in [0.15, 0.2) is 0 Å². The number of halogens is 1. The molecule has 0 spiro atoms. The van der Waals surface area contributed by atoms with Gasteiger partial charge in [0.25, 0.3) is 5.91 Å². The Bertz CT molecular complexity index is 1060. The van der Waals surface area contributed by atoms with E-state index in [0.717, 1.165) is 18.5 Å². The van der Waals surface area contributed by atoms with Crippen molar-refractivity contribution in [1.29, 1.82) is 0 Å². The summed E-state index contributed by atoms with van der Waals surface area (Å²) < 4.78 is 15.0. The van der Waals surface area contributed by atoms with Gasteiger partial charge in [-0.1, -0.05) is 45.9 Å². The molecule has 1 amide bonds. The van der Waals surface area contributed by atoms with Crippen LogP contribution >= 0.6 is 0 Å². The molecule has 6 nitrogen and oxygen atoms in total. The van der Waals surface area contributed by atoms with E-state index in [2.05, 4.69) is 18.5 Å². The number of aliphatic imine (C=N–C) groups is 1. The first-order valence-corrected chi connectivity index (χ1v) is 12.3. The second-order valence-electron chi connectivity index (χ2n) is 9.04. The Morgan fingerprint density at radius 2 is 1.94 bits per heavy atom. The number of carboxylic acid groups (broad SMARTS) is 1. The van der Waals surface area contributed by atoms with Gasteiger partial charge in [-0.15, -0.1) is 0 Å². The average molecular weight is 484 g/mol. The predicted molar refractivity (Wildman–Crippen MR) is 140 cm³/mol. The summed E-state index contributed by atoms with van der Waals surface area (Å²) in [6, 6.07) is 4.81. The zero-order valence-electron chi connectivity index (χ0n) is 21.8. The van der Waals surface area contributed by atoms with E-state index in [9.17, 15) is 14.0 Å². The first-order chi connectivity index (χ1) is 16.5. The van der Waals surface area contributed by atoms with E-state index in [0.29, 0.717) is 41.2 Å². The number of hydrogen-bond acceptors (Lipinski definition) is 4. The van der Waals surface area contributed by atoms with Crippen LogP contribution in [-0.4, -0.2) is 52.1 Å². The van der Waals surface area contributed by atoms with Crippen molar-refractivity contribution in [2.45, 2.75) is 72.3 Å². The van der Waals surface area contributed by atoms with Crippen molar-refractivity contribution in [3.05, 3.63) is 65.4 Å². The summed E-state index contributed by atoms with van der Waals surface area (Å²) in [7, 11) is 1.86. The van der Waals surface area contributed by atoms with Crippen molar-refractivity contribution in [2.24, 2.45) is 4.99 Å². The normalized spacial score (nSPS) is 16.4. The minimum absolute atomic E-state index is 0.0715. The third-order valence-corrected chi connectivity index (χ3v) is 6.43. The number of benzene rings is 1. The number of allylic oxidation sites excluding steroid dienone is 3. The van der Waals surface area contributed by atoms with Gasteiger partial charge in [-0.3, -0.25) is 9.59 Å². The first-order valence-electron chi connectivity index (χ1n) is 12.3. The smallest absolute Gasteiger partial charge is 0.303 e. The van der Waals surface area contributed by atoms with Crippen molar-refractivity contribution in [3.8, 4) is 0 Å². The SMILES string of the molecule is C=C(/C=C1/N=C(C(=O)N(CC)C(C)CCC)C=C(CC)N1C)c1ccc([C@@H](C)CC(=O)O)cc1F. The third kappa shape index (κ3) is 6.90. The molecule has 0 radical (unpaired) electrons. The van der Waals surface area contributed by atoms with Crippen LogP contribution in [0.2, 0.25) is 0 Å². The van der Waals surface area contributed by atoms with Gasteiger partial charge in [-0.05, 0) is 62.0 Å². The molecule has 1 aliphatic heterocycles. The van der Waals surface area contributed by atoms with Crippen LogP contribution in [0.5, 0.6) is 0 Å². The Kier molecular flexibility index (Phi) is 9.99. The van der Waals surface area contributed by atoms with Gasteiger partial charge >= 0.3 is 5.97 Å². The summed E-state index contributed by atoms with van der Waals surface area (Å²) in [5, 5.41) is 9.01. The van der Waals surface area contributed by atoms with Gasteiger partial charge in [0.05, 0.1) is 6.42 Å². The van der Waals surface area contributed by atoms with E-state index in [1.807, 2.05) is 43.7 Å². The van der Waals surface area contributed by atoms with Crippen LogP contribution in [0.1, 0.15) is 77.3 Å². The molecule has 190 valence electrons. The van der Waals surface area contributed by atoms with Gasteiger partial charge in [-0.2, -0.15) is 0 Å². The number of carbonyl (C=O) groups excluding carboxylic acids is 1. The standard InChI is InChI=1S/C28H38FN3O3/c1-8-11-20(6)32(10-3)28(35)25-17-22(9-2)31(7)26(30-25)14-19(5)23-13-12-21(16-24(23)29)18(4)15-27(33)34/h12-14,16-18,20H,5,8-11,15H2,1-4,6-7H3,(H,33,34)/b26-14-/t18-,20?/m0/s1. The molecule has 2 atom stereocenters. The minimum Gasteiger partial charge on any atom is -0.481 e. The molecule has 0 aromatic heterocycles. The average Bonchev–Trinajstić information content (AvgIpc) is 2.80. The second-order valence-corrected chi connectivity index (χ2v) is 9.04. The highest BCUT2D eigenvalue weighted by molar-refractivity contribution is 6.43. The van der Waals surface area contributed by atoms with Crippen molar-refractivity contribution in [3.63, 3.8) is 0 Å². The van der Waals surface area contributed by atoms with Crippen molar-refractivity contribution in [1.82, 2.24) is 9.80 Å². The van der Waals surface area contributed by atoms with Crippen LogP contribution in [0.25, 0.3) is 5.57 Å². The topological polar surface area (TPSA) is 73.2 Å². The number of hydrogen-bond donors (Lipinski definition) is 1. The van der Waals surface area contributed by atoms with Gasteiger partial charge in [0.1, 0.15) is 17.3 Å². The quantitative estimate of drug-likeness (QED) is 0.420. The van der Waals surface area contributed by atoms with Gasteiger partial charge in [0, 0.05) is 30.9 Å². The predicted octanol–water partition coefficient (Wildman–Crippen LogP) is 5.98. The zero-order valence-corrected chi connectivity index (χ0v) is 21.8. The Labute approximate surface area is 208 Å². The fourth-order valence-electron chi connectivity index (χ4n) is 4.30. The van der Waals surface area contributed by atoms with Crippen LogP contribution in [0.15, 0.2) is 53.4 Å². The van der Waals surface area contributed by atoms with E-state index in [-0.39, 0.29) is 24.3 Å². The minimum atomic E-state index is -0.926.